The Morgan fingerprint density at radius 2 is 2.13 bits per heavy atom. The molecule has 0 saturated heterocycles. The number of thiazole rings is 2. The Morgan fingerprint density at radius 3 is 2.87 bits per heavy atom. The van der Waals surface area contributed by atoms with Gasteiger partial charge in [-0.05, 0) is 31.2 Å². The van der Waals surface area contributed by atoms with Crippen LogP contribution in [0, 0.1) is 6.92 Å². The summed E-state index contributed by atoms with van der Waals surface area (Å²) in [5.41, 5.74) is 2.66. The van der Waals surface area contributed by atoms with Crippen LogP contribution in [0.25, 0.3) is 21.1 Å². The number of nitrogens with one attached hydrogen (secondary N) is 1. The zero-order valence-electron chi connectivity index (χ0n) is 16.2. The van der Waals surface area contributed by atoms with E-state index in [1.54, 1.807) is 24.6 Å². The predicted molar refractivity (Wildman–Crippen MR) is 121 cm³/mol. The van der Waals surface area contributed by atoms with Crippen LogP contribution in [0.5, 0.6) is 5.75 Å². The third kappa shape index (κ3) is 4.84. The van der Waals surface area contributed by atoms with Crippen LogP contribution in [0.15, 0.2) is 53.0 Å². The quantitative estimate of drug-likeness (QED) is 0.401. The summed E-state index contributed by atoms with van der Waals surface area (Å²) in [4.78, 5) is 21.7. The average molecular weight is 456 g/mol. The number of benzene rings is 1. The molecule has 3 heterocycles. The van der Waals surface area contributed by atoms with E-state index in [0.29, 0.717) is 10.2 Å². The van der Waals surface area contributed by atoms with Crippen LogP contribution < -0.4 is 10.1 Å². The highest BCUT2D eigenvalue weighted by Gasteiger charge is 2.14. The fraction of sp³-hybridized carbons (Fsp3) is 0.150. The SMILES string of the molecule is COc1cccc(-c2nc(C)c(-c3ccc(SCC(=O)Nc4nccs4)nn3)s2)c1. The number of ether oxygens (including phenoxy) is 1. The third-order valence-electron chi connectivity index (χ3n) is 4.02. The smallest absolute Gasteiger partial charge is 0.236 e. The number of nitrogens with zero attached hydrogens (tertiary/aromatic N) is 4. The number of amides is 1. The summed E-state index contributed by atoms with van der Waals surface area (Å²) in [5.74, 6) is 0.914. The Hall–Kier alpha value is -2.82. The molecule has 4 aromatic rings. The van der Waals surface area contributed by atoms with Crippen molar-refractivity contribution in [1.82, 2.24) is 20.2 Å². The summed E-state index contributed by atoms with van der Waals surface area (Å²) in [5, 5.41) is 15.3. The zero-order valence-corrected chi connectivity index (χ0v) is 18.6. The lowest BCUT2D eigenvalue weighted by Crippen LogP contribution is -2.13. The summed E-state index contributed by atoms with van der Waals surface area (Å²) in [6, 6.07) is 11.6. The molecule has 152 valence electrons. The highest BCUT2D eigenvalue weighted by molar-refractivity contribution is 7.99. The van der Waals surface area contributed by atoms with Crippen molar-refractivity contribution in [2.24, 2.45) is 0 Å². The first kappa shape index (κ1) is 20.5. The molecule has 0 radical (unpaired) electrons. The van der Waals surface area contributed by atoms with Gasteiger partial charge in [0.15, 0.2) is 5.13 Å². The van der Waals surface area contributed by atoms with E-state index in [1.807, 2.05) is 48.7 Å². The van der Waals surface area contributed by atoms with Crippen molar-refractivity contribution in [3.63, 3.8) is 0 Å². The van der Waals surface area contributed by atoms with E-state index in [9.17, 15) is 4.79 Å². The first-order valence-corrected chi connectivity index (χ1v) is 11.6. The number of carbonyl (C=O) groups excluding carboxylic acids is 1. The number of methoxy groups -OCH3 is 1. The molecule has 0 aliphatic carbocycles. The molecule has 3 aromatic heterocycles. The first-order valence-electron chi connectivity index (χ1n) is 8.90. The normalized spacial score (nSPS) is 10.7. The zero-order chi connectivity index (χ0) is 20.9. The summed E-state index contributed by atoms with van der Waals surface area (Å²) >= 11 is 4.28. The highest BCUT2D eigenvalue weighted by atomic mass is 32.2. The minimum Gasteiger partial charge on any atom is -0.497 e. The standard InChI is InChI=1S/C20H17N5O2S3/c1-12-18(30-19(22-12)13-4-3-5-14(10-13)27-2)15-6-7-17(25-24-15)29-11-16(26)23-20-21-8-9-28-20/h3-10H,11H2,1-2H3,(H,21,23,26). The molecule has 0 spiro atoms. The molecule has 10 heteroatoms. The van der Waals surface area contributed by atoms with Crippen LogP contribution >= 0.6 is 34.4 Å². The fourth-order valence-electron chi connectivity index (χ4n) is 2.61. The Morgan fingerprint density at radius 1 is 1.23 bits per heavy atom. The van der Waals surface area contributed by atoms with E-state index < -0.39 is 0 Å². The Balaban J connectivity index is 1.43. The molecule has 1 N–H and O–H groups in total. The summed E-state index contributed by atoms with van der Waals surface area (Å²) in [6.07, 6.45) is 1.65. The molecule has 0 aliphatic rings. The van der Waals surface area contributed by atoms with Gasteiger partial charge in [0, 0.05) is 17.1 Å². The van der Waals surface area contributed by atoms with Crippen molar-refractivity contribution in [2.75, 3.05) is 18.2 Å². The van der Waals surface area contributed by atoms with E-state index >= 15 is 0 Å². The van der Waals surface area contributed by atoms with Gasteiger partial charge in [-0.3, -0.25) is 4.79 Å². The maximum atomic E-state index is 12.0. The Kier molecular flexibility index (Phi) is 6.36. The minimum atomic E-state index is -0.123. The molecular formula is C20H17N5O2S3. The van der Waals surface area contributed by atoms with E-state index in [2.05, 4.69) is 25.5 Å². The van der Waals surface area contributed by atoms with Gasteiger partial charge in [0.05, 0.1) is 23.4 Å². The minimum absolute atomic E-state index is 0.123. The van der Waals surface area contributed by atoms with E-state index in [0.717, 1.165) is 32.6 Å². The van der Waals surface area contributed by atoms with Crippen molar-refractivity contribution in [1.29, 1.82) is 0 Å². The number of aryl methyl sites for hydroxylation is 1. The molecular weight excluding hydrogens is 438 g/mol. The molecule has 0 unspecified atom stereocenters. The summed E-state index contributed by atoms with van der Waals surface area (Å²) in [7, 11) is 1.65. The second kappa shape index (κ2) is 9.33. The molecule has 0 atom stereocenters. The van der Waals surface area contributed by atoms with E-state index in [-0.39, 0.29) is 11.7 Å². The molecule has 0 saturated carbocycles. The number of thioether (sulfide) groups is 1. The van der Waals surface area contributed by atoms with Crippen LogP contribution in [0.1, 0.15) is 5.69 Å². The molecule has 0 fully saturated rings. The van der Waals surface area contributed by atoms with Gasteiger partial charge in [0.1, 0.15) is 21.5 Å². The Bertz CT molecular complexity index is 1140. The van der Waals surface area contributed by atoms with Gasteiger partial charge in [-0.25, -0.2) is 9.97 Å². The fourth-order valence-corrected chi connectivity index (χ4v) is 4.80. The Labute approximate surface area is 185 Å². The number of carbonyl (C=O) groups is 1. The van der Waals surface area contributed by atoms with Gasteiger partial charge in [-0.1, -0.05) is 23.9 Å². The monoisotopic (exact) mass is 455 g/mol. The lowest BCUT2D eigenvalue weighted by molar-refractivity contribution is -0.113. The van der Waals surface area contributed by atoms with Crippen molar-refractivity contribution < 1.29 is 9.53 Å². The second-order valence-electron chi connectivity index (χ2n) is 6.10. The average Bonchev–Trinajstić information content (AvgIpc) is 3.42. The van der Waals surface area contributed by atoms with Crippen LogP contribution in [0.4, 0.5) is 5.13 Å². The molecule has 7 nitrogen and oxygen atoms in total. The van der Waals surface area contributed by atoms with Crippen molar-refractivity contribution >= 4 is 45.5 Å². The van der Waals surface area contributed by atoms with Gasteiger partial charge in [-0.15, -0.1) is 32.9 Å². The molecule has 1 aromatic carbocycles. The lowest BCUT2D eigenvalue weighted by Gasteiger charge is -2.02. The van der Waals surface area contributed by atoms with Crippen LogP contribution in [0.2, 0.25) is 0 Å². The molecule has 1 amide bonds. The largest absolute Gasteiger partial charge is 0.497 e. The molecule has 0 aliphatic heterocycles. The number of anilines is 1. The highest BCUT2D eigenvalue weighted by Crippen LogP contribution is 2.35. The van der Waals surface area contributed by atoms with E-state index in [1.165, 1.54) is 23.1 Å². The number of rotatable bonds is 7. The van der Waals surface area contributed by atoms with Gasteiger partial charge in [0.2, 0.25) is 5.91 Å². The molecule has 4 rings (SSSR count). The summed E-state index contributed by atoms with van der Waals surface area (Å²) < 4.78 is 5.30. The maximum absolute atomic E-state index is 12.0. The topological polar surface area (TPSA) is 89.9 Å². The third-order valence-corrected chi connectivity index (χ3v) is 6.85. The van der Waals surface area contributed by atoms with Gasteiger partial charge in [0.25, 0.3) is 0 Å². The predicted octanol–water partition coefficient (Wildman–Crippen LogP) is 4.77. The number of hydrogen-bond acceptors (Lipinski definition) is 9. The second-order valence-corrected chi connectivity index (χ2v) is 8.99. The van der Waals surface area contributed by atoms with E-state index in [4.69, 9.17) is 4.74 Å². The van der Waals surface area contributed by atoms with Crippen LogP contribution in [-0.4, -0.2) is 38.9 Å². The number of hydrogen-bond donors (Lipinski definition) is 1. The molecule has 30 heavy (non-hydrogen) atoms. The summed E-state index contributed by atoms with van der Waals surface area (Å²) in [6.45, 7) is 1.96. The van der Waals surface area contributed by atoms with Crippen molar-refractivity contribution in [3.8, 4) is 26.9 Å². The van der Waals surface area contributed by atoms with Crippen molar-refractivity contribution in [2.45, 2.75) is 11.9 Å². The molecule has 0 bridgehead atoms. The van der Waals surface area contributed by atoms with Gasteiger partial charge >= 0.3 is 0 Å². The van der Waals surface area contributed by atoms with Crippen molar-refractivity contribution in [3.05, 3.63) is 53.7 Å². The van der Waals surface area contributed by atoms with Crippen LogP contribution in [-0.2, 0) is 4.79 Å². The number of aromatic nitrogens is 4. The van der Waals surface area contributed by atoms with Gasteiger partial charge < -0.3 is 10.1 Å². The first-order chi connectivity index (χ1) is 14.6. The van der Waals surface area contributed by atoms with Gasteiger partial charge in [-0.2, -0.15) is 0 Å². The van der Waals surface area contributed by atoms with Crippen LogP contribution in [0.3, 0.4) is 0 Å². The maximum Gasteiger partial charge on any atom is 0.236 e. The lowest BCUT2D eigenvalue weighted by atomic mass is 10.2.